The van der Waals surface area contributed by atoms with Crippen LogP contribution in [0.2, 0.25) is 0 Å². The van der Waals surface area contributed by atoms with Gasteiger partial charge in [0.2, 0.25) is 0 Å². The highest BCUT2D eigenvalue weighted by Gasteiger charge is 2.39. The molecule has 3 aromatic heterocycles. The van der Waals surface area contributed by atoms with Crippen molar-refractivity contribution in [2.45, 2.75) is 126 Å². The molecule has 1 amide bonds. The lowest BCUT2D eigenvalue weighted by Crippen LogP contribution is -2.49. The fourth-order valence-electron chi connectivity index (χ4n) is 7.30. The molecule has 3 heterocycles. The molecule has 11 heteroatoms. The Balaban J connectivity index is 1.37. The summed E-state index contributed by atoms with van der Waals surface area (Å²) in [5.74, 6) is 0.867. The zero-order valence-corrected chi connectivity index (χ0v) is 34.0. The SMILES string of the molecule is CC(C)CC(C)(O)C(=O)C[C@H](c1nc2ccc(-c3cnc(-c4ccc5nc([C@@H](NC(=O)C(C)(O)CC(C)C)C(C)(C)C)[nH]c5c4)cn3)cc2[nH]1)C(C)(C)C. The molecule has 0 bridgehead atoms. The Morgan fingerprint density at radius 1 is 0.685 bits per heavy atom. The summed E-state index contributed by atoms with van der Waals surface area (Å²) in [6.07, 6.45) is 4.44. The van der Waals surface area contributed by atoms with E-state index in [-0.39, 0.29) is 40.8 Å². The van der Waals surface area contributed by atoms with Gasteiger partial charge in [0, 0.05) is 23.5 Å². The molecule has 0 fully saturated rings. The lowest BCUT2D eigenvalue weighted by atomic mass is 9.74. The second kappa shape index (κ2) is 15.0. The van der Waals surface area contributed by atoms with E-state index in [1.807, 2.05) is 84.9 Å². The van der Waals surface area contributed by atoms with Crippen LogP contribution in [-0.4, -0.2) is 63.0 Å². The number of carbonyl (C=O) groups is 2. The number of aromatic amines is 2. The summed E-state index contributed by atoms with van der Waals surface area (Å²) in [5, 5.41) is 24.9. The predicted octanol–water partition coefficient (Wildman–Crippen LogP) is 8.45. The van der Waals surface area contributed by atoms with Crippen LogP contribution >= 0.6 is 0 Å². The van der Waals surface area contributed by atoms with E-state index in [9.17, 15) is 19.8 Å². The molecule has 0 spiro atoms. The average Bonchev–Trinajstić information content (AvgIpc) is 3.66. The van der Waals surface area contributed by atoms with Gasteiger partial charge in [-0.05, 0) is 73.6 Å². The molecule has 54 heavy (non-hydrogen) atoms. The molecule has 5 N–H and O–H groups in total. The van der Waals surface area contributed by atoms with E-state index in [0.29, 0.717) is 30.1 Å². The number of amides is 1. The third-order valence-electron chi connectivity index (χ3n) is 10.1. The van der Waals surface area contributed by atoms with Crippen molar-refractivity contribution in [3.63, 3.8) is 0 Å². The number of hydrogen-bond donors (Lipinski definition) is 5. The summed E-state index contributed by atoms with van der Waals surface area (Å²) in [7, 11) is 0. The molecule has 290 valence electrons. The Bertz CT molecular complexity index is 1960. The van der Waals surface area contributed by atoms with Gasteiger partial charge >= 0.3 is 0 Å². The molecule has 2 aromatic carbocycles. The minimum Gasteiger partial charge on any atom is -0.382 e. The Hall–Kier alpha value is -4.48. The monoisotopic (exact) mass is 737 g/mol. The van der Waals surface area contributed by atoms with Gasteiger partial charge < -0.3 is 25.5 Å². The maximum atomic E-state index is 13.3. The van der Waals surface area contributed by atoms with E-state index in [1.165, 1.54) is 0 Å². The van der Waals surface area contributed by atoms with Crippen LogP contribution < -0.4 is 5.32 Å². The molecule has 0 aliphatic heterocycles. The van der Waals surface area contributed by atoms with Crippen molar-refractivity contribution in [3.05, 3.63) is 60.4 Å². The Kier molecular flexibility index (Phi) is 11.3. The highest BCUT2D eigenvalue weighted by molar-refractivity contribution is 5.88. The zero-order chi connectivity index (χ0) is 40.0. The van der Waals surface area contributed by atoms with Crippen LogP contribution in [0.3, 0.4) is 0 Å². The van der Waals surface area contributed by atoms with Gasteiger partial charge in [-0.3, -0.25) is 19.6 Å². The van der Waals surface area contributed by atoms with Gasteiger partial charge in [-0.2, -0.15) is 0 Å². The molecular formula is C43H59N7O4. The van der Waals surface area contributed by atoms with E-state index < -0.39 is 23.2 Å². The largest absolute Gasteiger partial charge is 0.382 e. The first-order valence-electron chi connectivity index (χ1n) is 19.1. The van der Waals surface area contributed by atoms with Gasteiger partial charge in [0.25, 0.3) is 5.91 Å². The van der Waals surface area contributed by atoms with Gasteiger partial charge in [0.1, 0.15) is 22.9 Å². The number of hydrogen-bond acceptors (Lipinski definition) is 8. The molecule has 0 aliphatic rings. The normalized spacial score (nSPS) is 16.1. The third kappa shape index (κ3) is 9.24. The minimum absolute atomic E-state index is 0.157. The first-order valence-corrected chi connectivity index (χ1v) is 19.1. The predicted molar refractivity (Wildman–Crippen MR) is 215 cm³/mol. The van der Waals surface area contributed by atoms with Crippen molar-refractivity contribution in [2.75, 3.05) is 0 Å². The second-order valence-corrected chi connectivity index (χ2v) is 18.6. The van der Waals surface area contributed by atoms with Gasteiger partial charge in [-0.25, -0.2) is 9.97 Å². The molecule has 5 aromatic rings. The van der Waals surface area contributed by atoms with Crippen LogP contribution in [0.5, 0.6) is 0 Å². The third-order valence-corrected chi connectivity index (χ3v) is 10.1. The maximum absolute atomic E-state index is 13.3. The molecule has 11 nitrogen and oxygen atoms in total. The number of fused-ring (bicyclic) bond motifs is 2. The number of aliphatic hydroxyl groups is 2. The molecule has 0 radical (unpaired) electrons. The van der Waals surface area contributed by atoms with Crippen LogP contribution in [0.25, 0.3) is 44.6 Å². The number of aromatic nitrogens is 6. The smallest absolute Gasteiger partial charge is 0.252 e. The second-order valence-electron chi connectivity index (χ2n) is 18.6. The van der Waals surface area contributed by atoms with Gasteiger partial charge in [0.05, 0.1) is 51.9 Å². The summed E-state index contributed by atoms with van der Waals surface area (Å²) >= 11 is 0. The fourth-order valence-corrected chi connectivity index (χ4v) is 7.30. The number of ketones is 1. The van der Waals surface area contributed by atoms with Crippen LogP contribution in [0.1, 0.15) is 126 Å². The zero-order valence-electron chi connectivity index (χ0n) is 34.0. The Labute approximate surface area is 319 Å². The van der Waals surface area contributed by atoms with Crippen molar-refractivity contribution in [3.8, 4) is 22.5 Å². The quantitative estimate of drug-likeness (QED) is 0.0802. The molecule has 0 aliphatic carbocycles. The molecular weight excluding hydrogens is 679 g/mol. The van der Waals surface area contributed by atoms with E-state index >= 15 is 0 Å². The van der Waals surface area contributed by atoms with Gasteiger partial charge in [-0.15, -0.1) is 0 Å². The lowest BCUT2D eigenvalue weighted by molar-refractivity contribution is -0.141. The van der Waals surface area contributed by atoms with Gasteiger partial charge in [0.15, 0.2) is 5.78 Å². The summed E-state index contributed by atoms with van der Waals surface area (Å²) in [5.41, 5.74) is 2.74. The Morgan fingerprint density at radius 3 is 1.59 bits per heavy atom. The maximum Gasteiger partial charge on any atom is 0.252 e. The average molecular weight is 738 g/mol. The van der Waals surface area contributed by atoms with E-state index in [0.717, 1.165) is 39.0 Å². The highest BCUT2D eigenvalue weighted by Crippen LogP contribution is 2.39. The molecule has 5 rings (SSSR count). The van der Waals surface area contributed by atoms with Crippen LogP contribution in [0, 0.1) is 22.7 Å². The van der Waals surface area contributed by atoms with Crippen LogP contribution in [-0.2, 0) is 9.59 Å². The standard InChI is InChI=1S/C43H59N7O4/c1-24(2)20-42(11,53)35(51)19-28(40(5,6)7)37-46-29-15-13-26(17-31(29)48-37)33-22-45-34(23-44-33)27-14-16-30-32(18-27)49-38(47-30)36(41(8,9)10)50-39(52)43(12,54)21-25(3)4/h13-18,22-25,28,36,53-54H,19-21H2,1-12H3,(H,46,48)(H,47,49)(H,50,52)/t28-,36-,42?,43?/m1/s1. The topological polar surface area (TPSA) is 170 Å². The van der Waals surface area contributed by atoms with E-state index in [1.54, 1.807) is 26.2 Å². The van der Waals surface area contributed by atoms with E-state index in [2.05, 4.69) is 36.1 Å². The molecule has 4 atom stereocenters. The number of carbonyl (C=O) groups excluding carboxylic acids is 2. The summed E-state index contributed by atoms with van der Waals surface area (Å²) in [6.45, 7) is 23.5. The molecule has 0 saturated heterocycles. The van der Waals surface area contributed by atoms with Crippen molar-refractivity contribution in [2.24, 2.45) is 22.7 Å². The van der Waals surface area contributed by atoms with Crippen molar-refractivity contribution in [1.82, 2.24) is 35.2 Å². The lowest BCUT2D eigenvalue weighted by Gasteiger charge is -2.33. The highest BCUT2D eigenvalue weighted by atomic mass is 16.3. The number of benzene rings is 2. The minimum atomic E-state index is -1.50. The number of nitrogens with zero attached hydrogens (tertiary/aromatic N) is 4. The molecule has 0 saturated carbocycles. The number of Topliss-reactive ketones (excluding diaryl/α,β-unsaturated/α-hetero) is 1. The molecule has 2 unspecified atom stereocenters. The van der Waals surface area contributed by atoms with Crippen molar-refractivity contribution >= 4 is 33.8 Å². The summed E-state index contributed by atoms with van der Waals surface area (Å²) < 4.78 is 0. The first kappa shape index (κ1) is 40.7. The summed E-state index contributed by atoms with van der Waals surface area (Å²) in [6, 6.07) is 11.3. The first-order chi connectivity index (χ1) is 24.9. The van der Waals surface area contributed by atoms with Crippen LogP contribution in [0.4, 0.5) is 0 Å². The van der Waals surface area contributed by atoms with Crippen molar-refractivity contribution in [1.29, 1.82) is 0 Å². The van der Waals surface area contributed by atoms with Crippen LogP contribution in [0.15, 0.2) is 48.8 Å². The summed E-state index contributed by atoms with van der Waals surface area (Å²) in [4.78, 5) is 52.6. The van der Waals surface area contributed by atoms with Crippen molar-refractivity contribution < 1.29 is 19.8 Å². The number of imidazole rings is 2. The number of rotatable bonds is 13. The number of H-pyrrole nitrogens is 2. The van der Waals surface area contributed by atoms with E-state index in [4.69, 9.17) is 19.9 Å². The fraction of sp³-hybridized carbons (Fsp3) is 0.535. The number of nitrogens with one attached hydrogen (secondary N) is 3. The van der Waals surface area contributed by atoms with Gasteiger partial charge in [-0.1, -0.05) is 81.4 Å². The Morgan fingerprint density at radius 2 is 1.15 bits per heavy atom.